The van der Waals surface area contributed by atoms with E-state index >= 15 is 0 Å². The minimum absolute atomic E-state index is 0.164. The van der Waals surface area contributed by atoms with Crippen LogP contribution in [-0.2, 0) is 4.74 Å². The molecule has 1 aliphatic rings. The highest BCUT2D eigenvalue weighted by Crippen LogP contribution is 2.27. The van der Waals surface area contributed by atoms with Crippen LogP contribution in [0.4, 0.5) is 0 Å². The number of nitrogens with zero attached hydrogens (tertiary/aromatic N) is 2. The second-order valence-electron chi connectivity index (χ2n) is 7.26. The Morgan fingerprint density at radius 2 is 2.00 bits per heavy atom. The fourth-order valence-electron chi connectivity index (χ4n) is 3.75. The highest BCUT2D eigenvalue weighted by atomic mass is 16.5. The van der Waals surface area contributed by atoms with Crippen LogP contribution in [0.2, 0.25) is 0 Å². The number of hydrogen-bond acceptors (Lipinski definition) is 5. The van der Waals surface area contributed by atoms with Crippen molar-refractivity contribution in [3.05, 3.63) is 47.7 Å². The summed E-state index contributed by atoms with van der Waals surface area (Å²) >= 11 is 0. The lowest BCUT2D eigenvalue weighted by Gasteiger charge is -2.22. The quantitative estimate of drug-likeness (QED) is 0.647. The molecule has 2 aromatic heterocycles. The van der Waals surface area contributed by atoms with Gasteiger partial charge in [-0.1, -0.05) is 54.8 Å². The number of carbonyl (C=O) groups is 1. The zero-order valence-electron chi connectivity index (χ0n) is 16.1. The summed E-state index contributed by atoms with van der Waals surface area (Å²) in [7, 11) is 0. The van der Waals surface area contributed by atoms with Gasteiger partial charge in [0.05, 0.1) is 35.0 Å². The molecule has 6 nitrogen and oxygen atoms in total. The summed E-state index contributed by atoms with van der Waals surface area (Å²) in [5, 5.41) is 7.61. The van der Waals surface area contributed by atoms with Gasteiger partial charge in [0.15, 0.2) is 0 Å². The third-order valence-electron chi connectivity index (χ3n) is 5.22. The smallest absolute Gasteiger partial charge is 0.259 e. The van der Waals surface area contributed by atoms with E-state index < -0.39 is 0 Å². The molecule has 0 radical (unpaired) electrons. The van der Waals surface area contributed by atoms with E-state index in [1.807, 2.05) is 37.3 Å². The van der Waals surface area contributed by atoms with E-state index in [0.717, 1.165) is 18.4 Å². The molecule has 1 aromatic carbocycles. The number of pyridine rings is 1. The summed E-state index contributed by atoms with van der Waals surface area (Å²) in [6.07, 6.45) is 6.36. The molecule has 0 saturated heterocycles. The number of hydrogen-bond donors (Lipinski definition) is 1. The van der Waals surface area contributed by atoms with Gasteiger partial charge in [0.25, 0.3) is 11.6 Å². The molecule has 1 fully saturated rings. The third-order valence-corrected chi connectivity index (χ3v) is 5.22. The molecule has 146 valence electrons. The van der Waals surface area contributed by atoms with Crippen molar-refractivity contribution in [3.63, 3.8) is 0 Å². The lowest BCUT2D eigenvalue weighted by atomic mass is 9.98. The summed E-state index contributed by atoms with van der Waals surface area (Å²) in [6, 6.07) is 11.5. The van der Waals surface area contributed by atoms with E-state index in [2.05, 4.69) is 15.5 Å². The molecule has 1 saturated carbocycles. The minimum atomic E-state index is -0.164. The predicted octanol–water partition coefficient (Wildman–Crippen LogP) is 4.28. The van der Waals surface area contributed by atoms with Crippen LogP contribution >= 0.6 is 0 Å². The van der Waals surface area contributed by atoms with Gasteiger partial charge in [0.1, 0.15) is 0 Å². The van der Waals surface area contributed by atoms with Gasteiger partial charge < -0.3 is 14.6 Å². The van der Waals surface area contributed by atoms with E-state index in [1.54, 1.807) is 6.07 Å². The van der Waals surface area contributed by atoms with Crippen molar-refractivity contribution in [3.8, 4) is 11.3 Å². The number of rotatable bonds is 6. The molecule has 0 unspecified atom stereocenters. The SMILES string of the molecule is Cc1noc2nc(-c3ccccc3)cc(C(=O)NCCOC3CCCCC3)c12. The molecule has 1 aliphatic carbocycles. The first-order valence-electron chi connectivity index (χ1n) is 9.94. The first-order chi connectivity index (χ1) is 13.7. The second-order valence-corrected chi connectivity index (χ2v) is 7.26. The van der Waals surface area contributed by atoms with E-state index in [-0.39, 0.29) is 5.91 Å². The normalized spacial score (nSPS) is 15.0. The zero-order chi connectivity index (χ0) is 19.3. The second kappa shape index (κ2) is 8.52. The molecule has 0 spiro atoms. The van der Waals surface area contributed by atoms with Gasteiger partial charge in [-0.3, -0.25) is 4.79 Å². The van der Waals surface area contributed by atoms with E-state index in [1.165, 1.54) is 19.3 Å². The summed E-state index contributed by atoms with van der Waals surface area (Å²) in [5.74, 6) is -0.164. The van der Waals surface area contributed by atoms with Crippen molar-refractivity contribution in [2.24, 2.45) is 0 Å². The monoisotopic (exact) mass is 379 g/mol. The first-order valence-corrected chi connectivity index (χ1v) is 9.94. The molecule has 0 aliphatic heterocycles. The molecule has 3 aromatic rings. The Kier molecular flexibility index (Phi) is 5.67. The Labute approximate surface area is 164 Å². The maximum absolute atomic E-state index is 12.9. The number of benzene rings is 1. The molecule has 4 rings (SSSR count). The van der Waals surface area contributed by atoms with E-state index in [4.69, 9.17) is 9.26 Å². The van der Waals surface area contributed by atoms with Crippen molar-refractivity contribution in [2.75, 3.05) is 13.2 Å². The molecule has 2 heterocycles. The molecular weight excluding hydrogens is 354 g/mol. The first kappa shape index (κ1) is 18.6. The maximum atomic E-state index is 12.9. The Morgan fingerprint density at radius 1 is 1.21 bits per heavy atom. The zero-order valence-corrected chi connectivity index (χ0v) is 16.1. The van der Waals surface area contributed by atoms with Crippen molar-refractivity contribution >= 4 is 17.0 Å². The predicted molar refractivity (Wildman–Crippen MR) is 107 cm³/mol. The highest BCUT2D eigenvalue weighted by Gasteiger charge is 2.19. The van der Waals surface area contributed by atoms with Gasteiger partial charge in [-0.05, 0) is 25.8 Å². The van der Waals surface area contributed by atoms with Crippen LogP contribution in [0.3, 0.4) is 0 Å². The highest BCUT2D eigenvalue weighted by molar-refractivity contribution is 6.06. The van der Waals surface area contributed by atoms with Gasteiger partial charge in [-0.25, -0.2) is 4.98 Å². The number of aryl methyl sites for hydroxylation is 1. The molecule has 1 amide bonds. The Bertz CT molecular complexity index is 946. The Hall–Kier alpha value is -2.73. The maximum Gasteiger partial charge on any atom is 0.259 e. The molecule has 28 heavy (non-hydrogen) atoms. The molecule has 1 N–H and O–H groups in total. The summed E-state index contributed by atoms with van der Waals surface area (Å²) in [4.78, 5) is 17.4. The third kappa shape index (κ3) is 4.07. The van der Waals surface area contributed by atoms with Crippen LogP contribution in [0.15, 0.2) is 40.9 Å². The Balaban J connectivity index is 1.49. The van der Waals surface area contributed by atoms with Crippen LogP contribution < -0.4 is 5.32 Å². The number of nitrogens with one attached hydrogen (secondary N) is 1. The van der Waals surface area contributed by atoms with Crippen LogP contribution in [0.25, 0.3) is 22.4 Å². The van der Waals surface area contributed by atoms with Crippen LogP contribution in [0.1, 0.15) is 48.2 Å². The summed E-state index contributed by atoms with van der Waals surface area (Å²) in [6.45, 7) is 2.82. The van der Waals surface area contributed by atoms with Crippen LogP contribution in [0, 0.1) is 6.92 Å². The molecular formula is C22H25N3O3. The average molecular weight is 379 g/mol. The van der Waals surface area contributed by atoms with E-state index in [0.29, 0.717) is 47.3 Å². The van der Waals surface area contributed by atoms with Crippen molar-refractivity contribution in [1.29, 1.82) is 0 Å². The fourth-order valence-corrected chi connectivity index (χ4v) is 3.75. The molecule has 6 heteroatoms. The lowest BCUT2D eigenvalue weighted by Crippen LogP contribution is -2.29. The van der Waals surface area contributed by atoms with Gasteiger partial charge in [-0.15, -0.1) is 0 Å². The summed E-state index contributed by atoms with van der Waals surface area (Å²) in [5.41, 5.74) is 3.18. The average Bonchev–Trinajstić information content (AvgIpc) is 3.12. The largest absolute Gasteiger partial charge is 0.376 e. The molecule has 0 bridgehead atoms. The number of aromatic nitrogens is 2. The van der Waals surface area contributed by atoms with E-state index in [9.17, 15) is 4.79 Å². The molecule has 0 atom stereocenters. The fraction of sp³-hybridized carbons (Fsp3) is 0.409. The Morgan fingerprint density at radius 3 is 2.79 bits per heavy atom. The number of carbonyl (C=O) groups excluding carboxylic acids is 1. The minimum Gasteiger partial charge on any atom is -0.376 e. The van der Waals surface area contributed by atoms with Gasteiger partial charge in [0, 0.05) is 12.1 Å². The topological polar surface area (TPSA) is 77.2 Å². The summed E-state index contributed by atoms with van der Waals surface area (Å²) < 4.78 is 11.2. The van der Waals surface area contributed by atoms with Crippen LogP contribution in [0.5, 0.6) is 0 Å². The van der Waals surface area contributed by atoms with Gasteiger partial charge >= 0.3 is 0 Å². The number of amides is 1. The van der Waals surface area contributed by atoms with Gasteiger partial charge in [0.2, 0.25) is 0 Å². The van der Waals surface area contributed by atoms with Crippen LogP contribution in [-0.4, -0.2) is 35.3 Å². The standard InChI is InChI=1S/C22H25N3O3/c1-15-20-18(21(26)23-12-13-27-17-10-6-3-7-11-17)14-19(24-22(20)28-25-15)16-8-4-2-5-9-16/h2,4-5,8-9,14,17H,3,6-7,10-13H2,1H3,(H,23,26). The van der Waals surface area contributed by atoms with Gasteiger partial charge in [-0.2, -0.15) is 0 Å². The van der Waals surface area contributed by atoms with Crippen molar-refractivity contribution in [1.82, 2.24) is 15.5 Å². The van der Waals surface area contributed by atoms with Crippen molar-refractivity contribution < 1.29 is 14.1 Å². The lowest BCUT2D eigenvalue weighted by molar-refractivity contribution is 0.0299. The number of fused-ring (bicyclic) bond motifs is 1. The van der Waals surface area contributed by atoms with Crippen molar-refractivity contribution in [2.45, 2.75) is 45.1 Å². The number of ether oxygens (including phenoxy) is 1.